The standard InChI is InChI=1S/C63H125N3O3/c1-5-9-13-17-21-25-33-46-56-65(57-47-34-26-22-18-14-10-6-2)62(68)52-42-31-29-37-44-54-64(60-50-40-39-41-51-61(60)67)55-45-38-30-32-43-53-63(69)66(58-48-35-27-23-19-15-11-7-3)59-49-36-28-24-20-16-12-8-4/h60-61,67H,5-59H2,1-4H3/t60-,61-/m1/s1. The van der Waals surface area contributed by atoms with Crippen molar-refractivity contribution in [3.8, 4) is 0 Å². The number of carbonyl (C=O) groups is 2. The van der Waals surface area contributed by atoms with Crippen LogP contribution < -0.4 is 0 Å². The number of rotatable bonds is 53. The molecule has 0 radical (unpaired) electrons. The van der Waals surface area contributed by atoms with Gasteiger partial charge in [-0.2, -0.15) is 0 Å². The fourth-order valence-electron chi connectivity index (χ4n) is 11.2. The van der Waals surface area contributed by atoms with Crippen molar-refractivity contribution in [2.45, 2.75) is 354 Å². The molecule has 6 heteroatoms. The summed E-state index contributed by atoms with van der Waals surface area (Å²) in [5.41, 5.74) is 0. The Hall–Kier alpha value is -1.14. The number of nitrogens with zero attached hydrogens (tertiary/aromatic N) is 3. The molecule has 0 aromatic carbocycles. The predicted molar refractivity (Wildman–Crippen MR) is 303 cm³/mol. The van der Waals surface area contributed by atoms with Crippen LogP contribution in [-0.4, -0.2) is 83.0 Å². The fraction of sp³-hybridized carbons (Fsp3) is 0.968. The van der Waals surface area contributed by atoms with Gasteiger partial charge in [0.05, 0.1) is 6.10 Å². The summed E-state index contributed by atoms with van der Waals surface area (Å²) in [6, 6.07) is 0.309. The second-order valence-electron chi connectivity index (χ2n) is 22.5. The van der Waals surface area contributed by atoms with Gasteiger partial charge in [-0.15, -0.1) is 0 Å². The van der Waals surface area contributed by atoms with Crippen LogP contribution in [0.25, 0.3) is 0 Å². The van der Waals surface area contributed by atoms with Crippen LogP contribution in [0.2, 0.25) is 0 Å². The van der Waals surface area contributed by atoms with Gasteiger partial charge in [-0.05, 0) is 77.3 Å². The smallest absolute Gasteiger partial charge is 0.222 e. The first-order chi connectivity index (χ1) is 34.0. The summed E-state index contributed by atoms with van der Waals surface area (Å²) in [5.74, 6) is 0.817. The van der Waals surface area contributed by atoms with Gasteiger partial charge in [-0.25, -0.2) is 0 Å². The maximum absolute atomic E-state index is 13.5. The molecule has 2 amide bonds. The van der Waals surface area contributed by atoms with Crippen molar-refractivity contribution in [1.82, 2.24) is 14.7 Å². The number of aliphatic hydroxyl groups is 1. The van der Waals surface area contributed by atoms with E-state index in [-0.39, 0.29) is 6.10 Å². The Labute approximate surface area is 433 Å². The van der Waals surface area contributed by atoms with Crippen molar-refractivity contribution in [3.63, 3.8) is 0 Å². The van der Waals surface area contributed by atoms with Gasteiger partial charge in [0.2, 0.25) is 11.8 Å². The topological polar surface area (TPSA) is 64.1 Å². The Bertz CT molecular complexity index is 960. The van der Waals surface area contributed by atoms with Crippen LogP contribution in [0.4, 0.5) is 0 Å². The molecule has 0 saturated heterocycles. The lowest BCUT2D eigenvalue weighted by Gasteiger charge is -2.34. The first-order valence-electron chi connectivity index (χ1n) is 32.0. The van der Waals surface area contributed by atoms with Crippen LogP contribution in [0.15, 0.2) is 0 Å². The van der Waals surface area contributed by atoms with Crippen LogP contribution in [0.3, 0.4) is 0 Å². The third-order valence-corrected chi connectivity index (χ3v) is 15.9. The number of aliphatic hydroxyl groups excluding tert-OH is 1. The van der Waals surface area contributed by atoms with Crippen LogP contribution >= 0.6 is 0 Å². The van der Waals surface area contributed by atoms with Crippen LogP contribution in [0.5, 0.6) is 0 Å². The molecule has 1 rings (SSSR count). The molecule has 1 aliphatic rings. The maximum Gasteiger partial charge on any atom is 0.222 e. The van der Waals surface area contributed by atoms with E-state index in [1.54, 1.807) is 0 Å². The van der Waals surface area contributed by atoms with Crippen LogP contribution in [-0.2, 0) is 9.59 Å². The summed E-state index contributed by atoms with van der Waals surface area (Å²) in [6.45, 7) is 15.2. The number of hydrogen-bond acceptors (Lipinski definition) is 4. The van der Waals surface area contributed by atoms with E-state index in [1.165, 1.54) is 257 Å². The highest BCUT2D eigenvalue weighted by molar-refractivity contribution is 5.76. The Morgan fingerprint density at radius 1 is 0.319 bits per heavy atom. The van der Waals surface area contributed by atoms with Crippen molar-refractivity contribution in [2.24, 2.45) is 0 Å². The highest BCUT2D eigenvalue weighted by atomic mass is 16.3. The molecule has 0 aromatic heterocycles. The molecular formula is C63H125N3O3. The van der Waals surface area contributed by atoms with Crippen LogP contribution in [0, 0.1) is 0 Å². The minimum absolute atomic E-state index is 0.191. The third-order valence-electron chi connectivity index (χ3n) is 15.9. The molecule has 1 N–H and O–H groups in total. The molecule has 0 aromatic rings. The van der Waals surface area contributed by atoms with E-state index in [0.29, 0.717) is 17.9 Å². The molecule has 0 bridgehead atoms. The van der Waals surface area contributed by atoms with Gasteiger partial charge in [0.1, 0.15) is 0 Å². The highest BCUT2D eigenvalue weighted by Gasteiger charge is 2.27. The summed E-state index contributed by atoms with van der Waals surface area (Å²) in [6.07, 6.45) is 60.8. The second kappa shape index (κ2) is 51.7. The van der Waals surface area contributed by atoms with Gasteiger partial charge < -0.3 is 14.9 Å². The molecule has 6 nitrogen and oxygen atoms in total. The van der Waals surface area contributed by atoms with Crippen molar-refractivity contribution in [2.75, 3.05) is 39.3 Å². The lowest BCUT2D eigenvalue weighted by atomic mass is 10.0. The number of hydrogen-bond donors (Lipinski definition) is 1. The van der Waals surface area contributed by atoms with Crippen molar-refractivity contribution in [1.29, 1.82) is 0 Å². The molecule has 1 aliphatic carbocycles. The normalized spacial score (nSPS) is 15.3. The lowest BCUT2D eigenvalue weighted by Crippen LogP contribution is -2.44. The van der Waals surface area contributed by atoms with E-state index < -0.39 is 0 Å². The quantitative estimate of drug-likeness (QED) is 0.0487. The Kier molecular flexibility index (Phi) is 49.4. The molecule has 0 unspecified atom stereocenters. The summed E-state index contributed by atoms with van der Waals surface area (Å²) >= 11 is 0. The fourth-order valence-corrected chi connectivity index (χ4v) is 11.2. The average Bonchev–Trinajstić information content (AvgIpc) is 3.58. The van der Waals surface area contributed by atoms with Gasteiger partial charge in [0.15, 0.2) is 0 Å². The van der Waals surface area contributed by atoms with E-state index >= 15 is 0 Å². The van der Waals surface area contributed by atoms with Gasteiger partial charge in [-0.1, -0.05) is 265 Å². The average molecular weight is 973 g/mol. The summed E-state index contributed by atoms with van der Waals surface area (Å²) in [4.78, 5) is 34.2. The Balaban J connectivity index is 2.49. The number of amides is 2. The SMILES string of the molecule is CCCCCCCCCCN(CCCCCCCCCC)C(=O)CCCCCCCN(CCCCCCCC(=O)N(CCCCCCCCCC)CCCCCCCCCC)[C@@H]1CCCCC[C@H]1O. The monoisotopic (exact) mass is 972 g/mol. The van der Waals surface area contributed by atoms with Crippen molar-refractivity contribution >= 4 is 11.8 Å². The first kappa shape index (κ1) is 65.9. The maximum atomic E-state index is 13.5. The minimum Gasteiger partial charge on any atom is -0.391 e. The molecule has 0 heterocycles. The van der Waals surface area contributed by atoms with E-state index in [9.17, 15) is 14.7 Å². The summed E-state index contributed by atoms with van der Waals surface area (Å²) in [7, 11) is 0. The van der Waals surface area contributed by atoms with E-state index in [4.69, 9.17) is 0 Å². The lowest BCUT2D eigenvalue weighted by molar-refractivity contribution is -0.132. The zero-order valence-corrected chi connectivity index (χ0v) is 47.7. The third kappa shape index (κ3) is 41.0. The molecule has 1 fully saturated rings. The molecule has 0 aliphatic heterocycles. The van der Waals surface area contributed by atoms with E-state index in [2.05, 4.69) is 42.4 Å². The van der Waals surface area contributed by atoms with Crippen molar-refractivity contribution < 1.29 is 14.7 Å². The highest BCUT2D eigenvalue weighted by Crippen LogP contribution is 2.25. The molecule has 2 atom stereocenters. The molecule has 69 heavy (non-hydrogen) atoms. The Morgan fingerprint density at radius 2 is 0.565 bits per heavy atom. The number of unbranched alkanes of at least 4 members (excludes halogenated alkanes) is 36. The molecular weight excluding hydrogens is 847 g/mol. The van der Waals surface area contributed by atoms with E-state index in [0.717, 1.165) is 97.1 Å². The van der Waals surface area contributed by atoms with Crippen molar-refractivity contribution in [3.05, 3.63) is 0 Å². The van der Waals surface area contributed by atoms with Crippen LogP contribution in [0.1, 0.15) is 342 Å². The first-order valence-corrected chi connectivity index (χ1v) is 32.0. The minimum atomic E-state index is -0.191. The number of carbonyl (C=O) groups excluding carboxylic acids is 2. The van der Waals surface area contributed by atoms with Gasteiger partial charge in [0.25, 0.3) is 0 Å². The Morgan fingerprint density at radius 3 is 0.870 bits per heavy atom. The summed E-state index contributed by atoms with van der Waals surface area (Å²) in [5, 5.41) is 11.2. The molecule has 1 saturated carbocycles. The predicted octanol–water partition coefficient (Wildman–Crippen LogP) is 18.9. The molecule has 410 valence electrons. The second-order valence-corrected chi connectivity index (χ2v) is 22.5. The largest absolute Gasteiger partial charge is 0.391 e. The summed E-state index contributed by atoms with van der Waals surface area (Å²) < 4.78 is 0. The van der Waals surface area contributed by atoms with Gasteiger partial charge in [-0.3, -0.25) is 14.5 Å². The zero-order chi connectivity index (χ0) is 49.9. The van der Waals surface area contributed by atoms with Gasteiger partial charge in [0, 0.05) is 45.1 Å². The molecule has 0 spiro atoms. The van der Waals surface area contributed by atoms with Gasteiger partial charge >= 0.3 is 0 Å². The van der Waals surface area contributed by atoms with E-state index in [1.807, 2.05) is 0 Å². The zero-order valence-electron chi connectivity index (χ0n) is 47.7.